The van der Waals surface area contributed by atoms with Gasteiger partial charge in [-0.2, -0.15) is 0 Å². The van der Waals surface area contributed by atoms with Crippen LogP contribution in [0.5, 0.6) is 0 Å². The van der Waals surface area contributed by atoms with Gasteiger partial charge in [-0.05, 0) is 29.0 Å². The summed E-state index contributed by atoms with van der Waals surface area (Å²) < 4.78 is 2.61. The number of aryl methyl sites for hydroxylation is 1. The fourth-order valence-corrected chi connectivity index (χ4v) is 2.62. The fraction of sp³-hybridized carbons (Fsp3) is 0.455. The van der Waals surface area contributed by atoms with Gasteiger partial charge in [-0.3, -0.25) is 9.55 Å². The third-order valence-corrected chi connectivity index (χ3v) is 4.37. The first-order chi connectivity index (χ1) is 8.15. The molecule has 0 unspecified atom stereocenters. The molecule has 0 radical (unpaired) electrons. The molecule has 4 nitrogen and oxygen atoms in total. The second-order valence-corrected chi connectivity index (χ2v) is 5.39. The average Bonchev–Trinajstić information content (AvgIpc) is 2.62. The summed E-state index contributed by atoms with van der Waals surface area (Å²) in [5.41, 5.74) is 1.32. The van der Waals surface area contributed by atoms with Crippen molar-refractivity contribution in [3.63, 3.8) is 0 Å². The molecule has 0 aliphatic carbocycles. The van der Waals surface area contributed by atoms with Crippen LogP contribution in [0.25, 0.3) is 11.2 Å². The molecule has 0 saturated heterocycles. The van der Waals surface area contributed by atoms with Crippen LogP contribution in [0.4, 0.5) is 0 Å². The normalized spacial score (nSPS) is 11.2. The summed E-state index contributed by atoms with van der Waals surface area (Å²) >= 11 is 8.18. The molecule has 0 fully saturated rings. The Morgan fingerprint density at radius 2 is 2.29 bits per heavy atom. The van der Waals surface area contributed by atoms with E-state index in [0.717, 1.165) is 28.3 Å². The number of unbranched alkanes of at least 4 members (excludes halogenated alkanes) is 2. The van der Waals surface area contributed by atoms with Crippen LogP contribution in [0, 0.1) is 3.57 Å². The number of nitrogens with zero attached hydrogens (tertiary/aromatic N) is 2. The van der Waals surface area contributed by atoms with Crippen molar-refractivity contribution in [2.45, 2.75) is 32.7 Å². The minimum Gasteiger partial charge on any atom is -0.290 e. The molecule has 0 atom stereocenters. The van der Waals surface area contributed by atoms with Gasteiger partial charge in [-0.1, -0.05) is 31.4 Å². The molecule has 0 aromatic carbocycles. The number of pyridine rings is 1. The lowest BCUT2D eigenvalue weighted by atomic mass is 10.2. The number of fused-ring (bicyclic) bond motifs is 1. The third kappa shape index (κ3) is 2.49. The highest BCUT2D eigenvalue weighted by Crippen LogP contribution is 2.24. The summed E-state index contributed by atoms with van der Waals surface area (Å²) in [5.74, 6) is 0. The van der Waals surface area contributed by atoms with Gasteiger partial charge in [0.05, 0.1) is 8.59 Å². The molecule has 0 saturated carbocycles. The number of rotatable bonds is 4. The largest absolute Gasteiger partial charge is 0.327 e. The zero-order valence-corrected chi connectivity index (χ0v) is 12.4. The van der Waals surface area contributed by atoms with E-state index in [1.807, 2.05) is 0 Å². The fourth-order valence-electron chi connectivity index (χ4n) is 1.80. The molecule has 0 spiro atoms. The maximum absolute atomic E-state index is 11.8. The van der Waals surface area contributed by atoms with Gasteiger partial charge in [-0.15, -0.1) is 0 Å². The Morgan fingerprint density at radius 1 is 1.53 bits per heavy atom. The van der Waals surface area contributed by atoms with E-state index in [1.54, 1.807) is 10.8 Å². The molecule has 2 aromatic rings. The molecule has 2 aromatic heterocycles. The Hall–Kier alpha value is -0.560. The van der Waals surface area contributed by atoms with Crippen LogP contribution in [0.15, 0.2) is 11.0 Å². The van der Waals surface area contributed by atoms with Crippen LogP contribution in [-0.4, -0.2) is 14.5 Å². The number of hydrogen-bond donors (Lipinski definition) is 1. The van der Waals surface area contributed by atoms with Gasteiger partial charge in [-0.25, -0.2) is 9.78 Å². The molecule has 2 heterocycles. The zero-order valence-electron chi connectivity index (χ0n) is 9.46. The first-order valence-electron chi connectivity index (χ1n) is 5.57. The third-order valence-electron chi connectivity index (χ3n) is 2.67. The van der Waals surface area contributed by atoms with E-state index in [0.29, 0.717) is 17.2 Å². The predicted octanol–water partition coefficient (Wildman–Crippen LogP) is 3.17. The standard InChI is InChI=1S/C11H13ClIN3O/c1-2-3-4-5-16-9-8(13)7(12)6-14-10(9)15-11(16)17/h6H,2-5H2,1H3,(H,14,15,17). The van der Waals surface area contributed by atoms with Gasteiger partial charge in [0.1, 0.15) is 5.52 Å². The first-order valence-corrected chi connectivity index (χ1v) is 7.03. The second kappa shape index (κ2) is 5.39. The van der Waals surface area contributed by atoms with Gasteiger partial charge >= 0.3 is 5.69 Å². The van der Waals surface area contributed by atoms with Crippen molar-refractivity contribution in [1.29, 1.82) is 0 Å². The molecule has 0 amide bonds. The maximum atomic E-state index is 11.8. The highest BCUT2D eigenvalue weighted by atomic mass is 127. The highest BCUT2D eigenvalue weighted by molar-refractivity contribution is 14.1. The van der Waals surface area contributed by atoms with E-state index >= 15 is 0 Å². The molecule has 1 N–H and O–H groups in total. The van der Waals surface area contributed by atoms with Gasteiger partial charge < -0.3 is 0 Å². The Balaban J connectivity index is 2.49. The number of halogens is 2. The van der Waals surface area contributed by atoms with Crippen molar-refractivity contribution in [3.8, 4) is 0 Å². The van der Waals surface area contributed by atoms with Crippen LogP contribution in [0.3, 0.4) is 0 Å². The first kappa shape index (κ1) is 12.9. The minimum absolute atomic E-state index is 0.108. The summed E-state index contributed by atoms with van der Waals surface area (Å²) in [5, 5.41) is 0.585. The van der Waals surface area contributed by atoms with E-state index in [2.05, 4.69) is 39.5 Å². The molecule has 17 heavy (non-hydrogen) atoms. The van der Waals surface area contributed by atoms with E-state index in [1.165, 1.54) is 0 Å². The lowest BCUT2D eigenvalue weighted by Crippen LogP contribution is -2.17. The monoisotopic (exact) mass is 365 g/mol. The molecule has 0 bridgehead atoms. The minimum atomic E-state index is -0.108. The van der Waals surface area contributed by atoms with E-state index in [9.17, 15) is 4.79 Å². The van der Waals surface area contributed by atoms with Crippen LogP contribution in [0.2, 0.25) is 5.02 Å². The van der Waals surface area contributed by atoms with Gasteiger partial charge in [0.2, 0.25) is 0 Å². The SMILES string of the molecule is CCCCCn1c(=O)[nH]c2ncc(Cl)c(I)c21. The van der Waals surface area contributed by atoms with Crippen LogP contribution >= 0.6 is 34.2 Å². The lowest BCUT2D eigenvalue weighted by Gasteiger charge is -2.04. The number of hydrogen-bond acceptors (Lipinski definition) is 2. The Morgan fingerprint density at radius 3 is 3.00 bits per heavy atom. The van der Waals surface area contributed by atoms with Crippen molar-refractivity contribution < 1.29 is 0 Å². The summed E-state index contributed by atoms with van der Waals surface area (Å²) in [6, 6.07) is 0. The van der Waals surface area contributed by atoms with Crippen molar-refractivity contribution in [2.75, 3.05) is 0 Å². The van der Waals surface area contributed by atoms with Crippen LogP contribution < -0.4 is 5.69 Å². The number of aromatic amines is 1. The smallest absolute Gasteiger partial charge is 0.290 e. The zero-order chi connectivity index (χ0) is 12.4. The molecule has 2 rings (SSSR count). The Kier molecular flexibility index (Phi) is 4.09. The van der Waals surface area contributed by atoms with Crippen LogP contribution in [-0.2, 0) is 6.54 Å². The number of H-pyrrole nitrogens is 1. The van der Waals surface area contributed by atoms with Crippen LogP contribution in [0.1, 0.15) is 26.2 Å². The number of imidazole rings is 1. The van der Waals surface area contributed by atoms with E-state index in [-0.39, 0.29) is 5.69 Å². The summed E-state index contributed by atoms with van der Waals surface area (Å²) in [6.07, 6.45) is 4.81. The van der Waals surface area contributed by atoms with Crippen molar-refractivity contribution >= 4 is 45.4 Å². The molecule has 6 heteroatoms. The second-order valence-electron chi connectivity index (χ2n) is 3.91. The number of nitrogens with one attached hydrogen (secondary N) is 1. The number of aromatic nitrogens is 3. The van der Waals surface area contributed by atoms with Crippen molar-refractivity contribution in [3.05, 3.63) is 25.3 Å². The molecule has 0 aliphatic heterocycles. The van der Waals surface area contributed by atoms with Gasteiger partial charge in [0, 0.05) is 12.7 Å². The summed E-state index contributed by atoms with van der Waals surface area (Å²) in [4.78, 5) is 18.7. The van der Waals surface area contributed by atoms with E-state index < -0.39 is 0 Å². The summed E-state index contributed by atoms with van der Waals surface area (Å²) in [7, 11) is 0. The molecular weight excluding hydrogens is 352 g/mol. The molecule has 0 aliphatic rings. The maximum Gasteiger partial charge on any atom is 0.327 e. The Bertz CT molecular complexity index is 590. The summed E-state index contributed by atoms with van der Waals surface area (Å²) in [6.45, 7) is 2.85. The van der Waals surface area contributed by atoms with Crippen molar-refractivity contribution in [2.24, 2.45) is 0 Å². The highest BCUT2D eigenvalue weighted by Gasteiger charge is 2.12. The quantitative estimate of drug-likeness (QED) is 0.668. The van der Waals surface area contributed by atoms with Crippen molar-refractivity contribution in [1.82, 2.24) is 14.5 Å². The van der Waals surface area contributed by atoms with Gasteiger partial charge in [0.25, 0.3) is 0 Å². The molecule has 92 valence electrons. The Labute approximate surface area is 118 Å². The molecular formula is C11H13ClIN3O. The topological polar surface area (TPSA) is 50.7 Å². The predicted molar refractivity (Wildman–Crippen MR) is 77.6 cm³/mol. The van der Waals surface area contributed by atoms with E-state index in [4.69, 9.17) is 11.6 Å². The average molecular weight is 366 g/mol. The van der Waals surface area contributed by atoms with Gasteiger partial charge in [0.15, 0.2) is 5.65 Å². The lowest BCUT2D eigenvalue weighted by molar-refractivity contribution is 0.600.